The van der Waals surface area contributed by atoms with Crippen LogP contribution in [0.15, 0.2) is 76.7 Å². The maximum atomic E-state index is 13.7. The molecule has 0 aliphatic heterocycles. The molecular weight excluding hydrogens is 607 g/mol. The van der Waals surface area contributed by atoms with Crippen molar-refractivity contribution in [3.05, 3.63) is 104 Å². The van der Waals surface area contributed by atoms with Gasteiger partial charge in [0.1, 0.15) is 12.3 Å². The van der Waals surface area contributed by atoms with Crippen LogP contribution in [0.2, 0.25) is 15.1 Å². The van der Waals surface area contributed by atoms with Gasteiger partial charge >= 0.3 is 0 Å². The number of sulfonamides is 1. The molecule has 0 fully saturated rings. The van der Waals surface area contributed by atoms with Crippen LogP contribution in [0.4, 0.5) is 5.69 Å². The topological polar surface area (TPSA) is 93.0 Å². The van der Waals surface area contributed by atoms with Crippen molar-refractivity contribution in [1.29, 1.82) is 0 Å². The van der Waals surface area contributed by atoms with E-state index in [0.29, 0.717) is 10.0 Å². The summed E-state index contributed by atoms with van der Waals surface area (Å²) in [6.45, 7) is 5.10. The summed E-state index contributed by atoms with van der Waals surface area (Å²) in [6.07, 6.45) is 1.49. The number of hydrazone groups is 1. The van der Waals surface area contributed by atoms with Crippen LogP contribution in [0, 0.1) is 20.8 Å². The average Bonchev–Trinajstić information content (AvgIpc) is 3.21. The van der Waals surface area contributed by atoms with Crippen LogP contribution < -0.4 is 14.5 Å². The van der Waals surface area contributed by atoms with Crippen LogP contribution >= 0.6 is 34.8 Å². The predicted molar refractivity (Wildman–Crippen MR) is 165 cm³/mol. The Kier molecular flexibility index (Phi) is 9.34. The van der Waals surface area contributed by atoms with Gasteiger partial charge in [-0.2, -0.15) is 5.10 Å². The van der Waals surface area contributed by atoms with Crippen molar-refractivity contribution in [3.63, 3.8) is 0 Å². The molecular formula is C29H27Cl3N4O4S. The zero-order valence-electron chi connectivity index (χ0n) is 22.7. The van der Waals surface area contributed by atoms with Crippen LogP contribution in [-0.2, 0) is 14.8 Å². The minimum atomic E-state index is -4.18. The van der Waals surface area contributed by atoms with Gasteiger partial charge in [0, 0.05) is 27.7 Å². The number of nitrogens with zero attached hydrogens (tertiary/aromatic N) is 3. The third-order valence-corrected chi connectivity index (χ3v) is 9.08. The molecule has 0 saturated heterocycles. The Balaban J connectivity index is 1.60. The molecule has 41 heavy (non-hydrogen) atoms. The number of rotatable bonds is 9. The number of anilines is 1. The smallest absolute Gasteiger partial charge is 0.264 e. The van der Waals surface area contributed by atoms with E-state index in [1.807, 2.05) is 37.5 Å². The lowest BCUT2D eigenvalue weighted by Gasteiger charge is -2.25. The summed E-state index contributed by atoms with van der Waals surface area (Å²) in [5.41, 5.74) is 6.77. The molecule has 1 N–H and O–H groups in total. The van der Waals surface area contributed by atoms with Gasteiger partial charge < -0.3 is 9.30 Å². The van der Waals surface area contributed by atoms with E-state index in [1.54, 1.807) is 30.3 Å². The molecule has 4 rings (SSSR count). The zero-order valence-corrected chi connectivity index (χ0v) is 25.7. The summed E-state index contributed by atoms with van der Waals surface area (Å²) < 4.78 is 35.7. The summed E-state index contributed by atoms with van der Waals surface area (Å²) in [7, 11) is -2.78. The first-order chi connectivity index (χ1) is 19.4. The summed E-state index contributed by atoms with van der Waals surface area (Å²) in [5, 5.41) is 5.26. The molecule has 0 unspecified atom stereocenters. The highest BCUT2D eigenvalue weighted by atomic mass is 35.5. The fraction of sp³-hybridized carbons (Fsp3) is 0.172. The predicted octanol–water partition coefficient (Wildman–Crippen LogP) is 6.72. The van der Waals surface area contributed by atoms with Crippen LogP contribution in [0.5, 0.6) is 5.75 Å². The Morgan fingerprint density at radius 2 is 1.68 bits per heavy atom. The first-order valence-electron chi connectivity index (χ1n) is 12.3. The molecule has 214 valence electrons. The SMILES string of the molecule is COc1ccc(Cl)cc1N(CC(=O)N/N=C\c1cc(C)n(-c2ccc(Cl)c(Cl)c2)c1C)S(=O)(=O)c1ccc(C)cc1. The summed E-state index contributed by atoms with van der Waals surface area (Å²) in [4.78, 5) is 13.1. The number of ether oxygens (including phenoxy) is 1. The molecule has 12 heteroatoms. The number of benzene rings is 3. The molecule has 3 aromatic carbocycles. The molecule has 0 aliphatic rings. The number of nitrogens with one attached hydrogen (secondary N) is 1. The maximum absolute atomic E-state index is 13.7. The highest BCUT2D eigenvalue weighted by Crippen LogP contribution is 2.35. The van der Waals surface area contributed by atoms with Crippen molar-refractivity contribution in [2.24, 2.45) is 5.10 Å². The van der Waals surface area contributed by atoms with Crippen molar-refractivity contribution in [3.8, 4) is 11.4 Å². The van der Waals surface area contributed by atoms with E-state index in [1.165, 1.54) is 37.6 Å². The van der Waals surface area contributed by atoms with Crippen molar-refractivity contribution in [2.75, 3.05) is 18.0 Å². The first kappa shape index (κ1) is 30.5. The van der Waals surface area contributed by atoms with Gasteiger partial charge in [0.25, 0.3) is 15.9 Å². The van der Waals surface area contributed by atoms with Crippen molar-refractivity contribution in [2.45, 2.75) is 25.7 Å². The maximum Gasteiger partial charge on any atom is 0.264 e. The van der Waals surface area contributed by atoms with E-state index in [-0.39, 0.29) is 21.4 Å². The van der Waals surface area contributed by atoms with Crippen molar-refractivity contribution >= 4 is 62.6 Å². The summed E-state index contributed by atoms with van der Waals surface area (Å²) in [5.74, 6) is -0.437. The molecule has 1 heterocycles. The van der Waals surface area contributed by atoms with Gasteiger partial charge in [0.2, 0.25) is 0 Å². The highest BCUT2D eigenvalue weighted by molar-refractivity contribution is 7.92. The van der Waals surface area contributed by atoms with E-state index < -0.39 is 22.5 Å². The highest BCUT2D eigenvalue weighted by Gasteiger charge is 2.29. The van der Waals surface area contributed by atoms with E-state index in [4.69, 9.17) is 39.5 Å². The Morgan fingerprint density at radius 3 is 2.34 bits per heavy atom. The third-order valence-electron chi connectivity index (χ3n) is 6.33. The van der Waals surface area contributed by atoms with E-state index in [9.17, 15) is 13.2 Å². The van der Waals surface area contributed by atoms with Crippen LogP contribution in [-0.4, -0.2) is 38.8 Å². The minimum absolute atomic E-state index is 0.0103. The number of aromatic nitrogens is 1. The number of carbonyl (C=O) groups is 1. The Morgan fingerprint density at radius 1 is 0.976 bits per heavy atom. The molecule has 0 radical (unpaired) electrons. The second-order valence-corrected chi connectivity index (χ2v) is 12.3. The number of carbonyl (C=O) groups excluding carboxylic acids is 1. The number of halogens is 3. The normalized spacial score (nSPS) is 11.6. The lowest BCUT2D eigenvalue weighted by Crippen LogP contribution is -2.39. The summed E-state index contributed by atoms with van der Waals surface area (Å²) in [6, 6.07) is 18.1. The van der Waals surface area contributed by atoms with Crippen molar-refractivity contribution in [1.82, 2.24) is 9.99 Å². The molecule has 0 saturated carbocycles. The van der Waals surface area contributed by atoms with E-state index >= 15 is 0 Å². The van der Waals surface area contributed by atoms with Crippen molar-refractivity contribution < 1.29 is 17.9 Å². The van der Waals surface area contributed by atoms with Gasteiger partial charge in [0.05, 0.1) is 34.0 Å². The van der Waals surface area contributed by atoms with Crippen LogP contribution in [0.1, 0.15) is 22.5 Å². The van der Waals surface area contributed by atoms with Gasteiger partial charge in [-0.25, -0.2) is 13.8 Å². The van der Waals surface area contributed by atoms with Crippen LogP contribution in [0.3, 0.4) is 0 Å². The second kappa shape index (κ2) is 12.6. The fourth-order valence-corrected chi connectivity index (χ4v) is 6.16. The molecule has 0 spiro atoms. The van der Waals surface area contributed by atoms with Crippen LogP contribution in [0.25, 0.3) is 5.69 Å². The summed E-state index contributed by atoms with van der Waals surface area (Å²) >= 11 is 18.5. The fourth-order valence-electron chi connectivity index (χ4n) is 4.27. The second-order valence-electron chi connectivity index (χ2n) is 9.19. The molecule has 4 aromatic rings. The Hall–Kier alpha value is -3.50. The number of amides is 1. The quantitative estimate of drug-likeness (QED) is 0.164. The van der Waals surface area contributed by atoms with Gasteiger partial charge in [0.15, 0.2) is 0 Å². The van der Waals surface area contributed by atoms with Gasteiger partial charge in [-0.1, -0.05) is 52.5 Å². The minimum Gasteiger partial charge on any atom is -0.495 e. The van der Waals surface area contributed by atoms with E-state index in [0.717, 1.165) is 32.5 Å². The zero-order chi connectivity index (χ0) is 29.9. The number of hydrogen-bond donors (Lipinski definition) is 1. The third kappa shape index (κ3) is 6.70. The molecule has 8 nitrogen and oxygen atoms in total. The average molecular weight is 634 g/mol. The monoisotopic (exact) mass is 632 g/mol. The molecule has 1 amide bonds. The lowest BCUT2D eigenvalue weighted by atomic mass is 10.2. The number of aryl methyl sites for hydroxylation is 2. The molecule has 0 bridgehead atoms. The Bertz CT molecular complexity index is 1740. The lowest BCUT2D eigenvalue weighted by molar-refractivity contribution is -0.119. The number of hydrogen-bond acceptors (Lipinski definition) is 5. The van der Waals surface area contributed by atoms with Gasteiger partial charge in [-0.15, -0.1) is 0 Å². The number of methoxy groups -OCH3 is 1. The van der Waals surface area contributed by atoms with Gasteiger partial charge in [-0.05, 0) is 75.4 Å². The molecule has 0 atom stereocenters. The first-order valence-corrected chi connectivity index (χ1v) is 14.9. The largest absolute Gasteiger partial charge is 0.495 e. The molecule has 0 aliphatic carbocycles. The molecule has 1 aromatic heterocycles. The standard InChI is InChI=1S/C29H27Cl3N4O4S/c1-18-5-9-24(10-6-18)41(38,39)35(27-14-22(30)7-12-28(27)40-4)17-29(37)34-33-16-21-13-19(2)36(20(21)3)23-8-11-25(31)26(32)15-23/h5-16H,17H2,1-4H3,(H,34,37)/b33-16-. The van der Waals surface area contributed by atoms with E-state index in [2.05, 4.69) is 10.5 Å². The Labute approximate surface area is 254 Å². The van der Waals surface area contributed by atoms with Gasteiger partial charge in [-0.3, -0.25) is 9.10 Å².